The number of H-pyrrole nitrogens is 1. The second-order valence-electron chi connectivity index (χ2n) is 7.37. The highest BCUT2D eigenvalue weighted by molar-refractivity contribution is 6.34. The first-order valence-corrected chi connectivity index (χ1v) is 9.72. The Labute approximate surface area is 171 Å². The van der Waals surface area contributed by atoms with Crippen molar-refractivity contribution in [2.45, 2.75) is 12.5 Å². The minimum Gasteiger partial charge on any atom is -0.480 e. The summed E-state index contributed by atoms with van der Waals surface area (Å²) in [7, 11) is 1.56. The number of rotatable bonds is 5. The van der Waals surface area contributed by atoms with Crippen molar-refractivity contribution in [2.75, 3.05) is 12.4 Å². The van der Waals surface area contributed by atoms with Gasteiger partial charge in [0.1, 0.15) is 11.3 Å². The summed E-state index contributed by atoms with van der Waals surface area (Å²) >= 11 is 6.48. The summed E-state index contributed by atoms with van der Waals surface area (Å²) in [5.41, 5.74) is 8.24. The first kappa shape index (κ1) is 17.9. The van der Waals surface area contributed by atoms with Crippen molar-refractivity contribution < 1.29 is 9.53 Å². The number of anilines is 1. The van der Waals surface area contributed by atoms with E-state index in [1.54, 1.807) is 19.5 Å². The van der Waals surface area contributed by atoms with Crippen LogP contribution in [0.5, 0.6) is 5.88 Å². The Kier molecular flexibility index (Phi) is 4.16. The number of nitrogens with one attached hydrogen (secondary N) is 2. The van der Waals surface area contributed by atoms with E-state index in [1.165, 1.54) is 0 Å². The van der Waals surface area contributed by atoms with E-state index in [0.29, 0.717) is 39.1 Å². The minimum absolute atomic E-state index is 0.120. The molecule has 0 aliphatic heterocycles. The molecule has 2 bridgehead atoms. The van der Waals surface area contributed by atoms with Crippen molar-refractivity contribution in [3.63, 3.8) is 0 Å². The second-order valence-corrected chi connectivity index (χ2v) is 7.78. The fraction of sp³-hybridized carbons (Fsp3) is 0.300. The third-order valence-electron chi connectivity index (χ3n) is 5.79. The number of hydrogen-bond acceptors (Lipinski definition) is 6. The highest BCUT2D eigenvalue weighted by Crippen LogP contribution is 2.46. The number of imidazole rings is 1. The number of ether oxygens (including phenoxy) is 1. The van der Waals surface area contributed by atoms with E-state index >= 15 is 0 Å². The Morgan fingerprint density at radius 3 is 2.97 bits per heavy atom. The molecule has 29 heavy (non-hydrogen) atoms. The van der Waals surface area contributed by atoms with Gasteiger partial charge in [-0.25, -0.2) is 15.0 Å². The van der Waals surface area contributed by atoms with E-state index in [1.807, 2.05) is 12.1 Å². The van der Waals surface area contributed by atoms with E-state index < -0.39 is 0 Å². The zero-order chi connectivity index (χ0) is 20.1. The molecule has 9 heteroatoms. The summed E-state index contributed by atoms with van der Waals surface area (Å²) in [4.78, 5) is 28.5. The fourth-order valence-electron chi connectivity index (χ4n) is 4.51. The predicted molar refractivity (Wildman–Crippen MR) is 110 cm³/mol. The number of allylic oxidation sites excluding steroid dienone is 1. The van der Waals surface area contributed by atoms with Crippen molar-refractivity contribution in [3.05, 3.63) is 41.7 Å². The second kappa shape index (κ2) is 6.73. The van der Waals surface area contributed by atoms with Crippen LogP contribution in [0.3, 0.4) is 0 Å². The Morgan fingerprint density at radius 2 is 2.17 bits per heavy atom. The molecular formula is C20H19ClN6O2. The predicted octanol–water partition coefficient (Wildman–Crippen LogP) is 2.77. The van der Waals surface area contributed by atoms with Gasteiger partial charge in [0.05, 0.1) is 35.5 Å². The lowest BCUT2D eigenvalue weighted by Crippen LogP contribution is -2.41. The molecule has 3 aromatic heterocycles. The van der Waals surface area contributed by atoms with Crippen LogP contribution in [0.2, 0.25) is 5.02 Å². The largest absolute Gasteiger partial charge is 0.480 e. The Hall–Kier alpha value is -3.13. The van der Waals surface area contributed by atoms with Gasteiger partial charge in [-0.05, 0) is 30.4 Å². The van der Waals surface area contributed by atoms with Gasteiger partial charge in [0.2, 0.25) is 11.8 Å². The molecule has 2 aliphatic carbocycles. The number of fused-ring (bicyclic) bond motifs is 3. The number of primary amides is 1. The fourth-order valence-corrected chi connectivity index (χ4v) is 4.71. The molecule has 8 nitrogen and oxygen atoms in total. The number of nitrogens with zero attached hydrogens (tertiary/aromatic N) is 3. The number of nitrogens with two attached hydrogens (primary N) is 1. The van der Waals surface area contributed by atoms with Crippen LogP contribution in [0.4, 0.5) is 5.69 Å². The summed E-state index contributed by atoms with van der Waals surface area (Å²) < 4.78 is 5.34. The Balaban J connectivity index is 1.58. The number of aromatic nitrogens is 4. The van der Waals surface area contributed by atoms with Gasteiger partial charge < -0.3 is 20.8 Å². The number of pyridine rings is 2. The lowest BCUT2D eigenvalue weighted by molar-refractivity contribution is -0.122. The van der Waals surface area contributed by atoms with Crippen molar-refractivity contribution in [3.8, 4) is 17.3 Å². The van der Waals surface area contributed by atoms with Crippen LogP contribution in [0.25, 0.3) is 22.6 Å². The SMILES string of the molecule is COc1ncccc1-c1nc2ncc(Cl)c(N[C@H]3[C@@H](C(N)=O)[C@@H]4C=C[C@H]3C4)c2[nH]1. The van der Waals surface area contributed by atoms with Crippen LogP contribution in [-0.4, -0.2) is 39.0 Å². The average Bonchev–Trinajstić information content (AvgIpc) is 3.44. The molecule has 0 spiro atoms. The van der Waals surface area contributed by atoms with Crippen LogP contribution in [0, 0.1) is 17.8 Å². The van der Waals surface area contributed by atoms with Gasteiger partial charge in [0.15, 0.2) is 5.65 Å². The van der Waals surface area contributed by atoms with E-state index in [9.17, 15) is 4.79 Å². The molecule has 0 radical (unpaired) electrons. The molecule has 3 aromatic rings. The highest BCUT2D eigenvalue weighted by atomic mass is 35.5. The number of halogens is 1. The number of carbonyl (C=O) groups excluding carboxylic acids is 1. The third-order valence-corrected chi connectivity index (χ3v) is 6.08. The maximum Gasteiger partial charge on any atom is 0.224 e. The van der Waals surface area contributed by atoms with Gasteiger partial charge in [-0.1, -0.05) is 23.8 Å². The Morgan fingerprint density at radius 1 is 1.34 bits per heavy atom. The normalized spacial score (nSPS) is 24.9. The van der Waals surface area contributed by atoms with E-state index in [2.05, 4.69) is 37.4 Å². The summed E-state index contributed by atoms with van der Waals surface area (Å²) in [6.07, 6.45) is 8.36. The van der Waals surface area contributed by atoms with Gasteiger partial charge in [-0.15, -0.1) is 0 Å². The van der Waals surface area contributed by atoms with Gasteiger partial charge in [0.25, 0.3) is 0 Å². The summed E-state index contributed by atoms with van der Waals surface area (Å²) in [6.45, 7) is 0. The van der Waals surface area contributed by atoms with Crippen LogP contribution in [0.15, 0.2) is 36.7 Å². The first-order valence-electron chi connectivity index (χ1n) is 9.34. The lowest BCUT2D eigenvalue weighted by atomic mass is 9.88. The van der Waals surface area contributed by atoms with E-state index in [4.69, 9.17) is 22.1 Å². The van der Waals surface area contributed by atoms with Gasteiger partial charge in [-0.3, -0.25) is 4.79 Å². The monoisotopic (exact) mass is 410 g/mol. The number of aromatic amines is 1. The van der Waals surface area contributed by atoms with Gasteiger partial charge in [-0.2, -0.15) is 0 Å². The summed E-state index contributed by atoms with van der Waals surface area (Å²) in [5, 5.41) is 3.91. The average molecular weight is 411 g/mol. The molecule has 4 N–H and O–H groups in total. The maximum atomic E-state index is 12.1. The molecule has 148 valence electrons. The first-order chi connectivity index (χ1) is 14.1. The van der Waals surface area contributed by atoms with Crippen molar-refractivity contribution in [2.24, 2.45) is 23.5 Å². The van der Waals surface area contributed by atoms with Crippen LogP contribution in [-0.2, 0) is 4.79 Å². The van der Waals surface area contributed by atoms with Crippen molar-refractivity contribution >= 4 is 34.4 Å². The zero-order valence-corrected chi connectivity index (χ0v) is 16.3. The molecule has 3 heterocycles. The molecule has 5 rings (SSSR count). The zero-order valence-electron chi connectivity index (χ0n) is 15.6. The molecule has 1 amide bonds. The van der Waals surface area contributed by atoms with Gasteiger partial charge >= 0.3 is 0 Å². The molecule has 1 saturated carbocycles. The Bertz CT molecular complexity index is 1140. The van der Waals surface area contributed by atoms with Crippen molar-refractivity contribution in [1.82, 2.24) is 19.9 Å². The van der Waals surface area contributed by atoms with E-state index in [0.717, 1.165) is 6.42 Å². The maximum absolute atomic E-state index is 12.1. The molecule has 0 unspecified atom stereocenters. The molecule has 0 aromatic carbocycles. The number of amides is 1. The minimum atomic E-state index is -0.300. The topological polar surface area (TPSA) is 119 Å². The standard InChI is InChI=1S/C20H19ClN6O2/c1-29-20-11(3-2-6-23-20)18-26-16-15(12(21)8-24-19(16)27-18)25-14-10-5-4-9(7-10)13(14)17(22)28/h2-6,8-10,13-14H,7H2,1H3,(H2,22,28)(H2,24,25,26,27)/t9-,10+,13+,14-/m1/s1. The number of methoxy groups -OCH3 is 1. The lowest BCUT2D eigenvalue weighted by Gasteiger charge is -2.28. The smallest absolute Gasteiger partial charge is 0.224 e. The number of carbonyl (C=O) groups is 1. The van der Waals surface area contributed by atoms with E-state index in [-0.39, 0.29) is 29.7 Å². The summed E-state index contributed by atoms with van der Waals surface area (Å²) in [5.74, 6) is 0.859. The van der Waals surface area contributed by atoms with Crippen LogP contribution < -0.4 is 15.8 Å². The van der Waals surface area contributed by atoms with Crippen LogP contribution in [0.1, 0.15) is 6.42 Å². The summed E-state index contributed by atoms with van der Waals surface area (Å²) in [6, 6.07) is 3.55. The molecule has 2 aliphatic rings. The highest BCUT2D eigenvalue weighted by Gasteiger charge is 2.47. The van der Waals surface area contributed by atoms with Gasteiger partial charge in [0, 0.05) is 12.2 Å². The van der Waals surface area contributed by atoms with Crippen LogP contribution >= 0.6 is 11.6 Å². The number of hydrogen-bond donors (Lipinski definition) is 3. The molecule has 1 fully saturated rings. The quantitative estimate of drug-likeness (QED) is 0.556. The molecule has 4 atom stereocenters. The van der Waals surface area contributed by atoms with Crippen molar-refractivity contribution in [1.29, 1.82) is 0 Å². The third kappa shape index (κ3) is 2.82. The molecule has 0 saturated heterocycles. The molecular weight excluding hydrogens is 392 g/mol.